The van der Waals surface area contributed by atoms with Crippen molar-refractivity contribution in [3.8, 4) is 0 Å². The van der Waals surface area contributed by atoms with Crippen LogP contribution in [0.1, 0.15) is 30.4 Å². The Morgan fingerprint density at radius 1 is 1.50 bits per heavy atom. The molecule has 0 saturated carbocycles. The van der Waals surface area contributed by atoms with Gasteiger partial charge in [-0.25, -0.2) is 4.39 Å². The molecule has 1 heterocycles. The zero-order valence-electron chi connectivity index (χ0n) is 11.3. The first kappa shape index (κ1) is 15.1. The number of rotatable bonds is 5. The number of oxime groups is 1. The molecule has 2 rings (SSSR count). The van der Waals surface area contributed by atoms with Crippen molar-refractivity contribution in [1.82, 2.24) is 5.32 Å². The van der Waals surface area contributed by atoms with Gasteiger partial charge in [0.05, 0.1) is 5.56 Å². The van der Waals surface area contributed by atoms with Gasteiger partial charge in [0, 0.05) is 23.9 Å². The minimum absolute atomic E-state index is 0.138. The van der Waals surface area contributed by atoms with Crippen LogP contribution in [0.2, 0.25) is 0 Å². The molecule has 110 valence electrons. The van der Waals surface area contributed by atoms with Crippen molar-refractivity contribution in [3.05, 3.63) is 35.1 Å². The highest BCUT2D eigenvalue weighted by Crippen LogP contribution is 2.24. The Morgan fingerprint density at radius 2 is 2.35 bits per heavy atom. The fourth-order valence-corrected chi connectivity index (χ4v) is 3.58. The molecule has 1 aliphatic rings. The molecule has 1 aliphatic heterocycles. The van der Waals surface area contributed by atoms with Gasteiger partial charge in [0.1, 0.15) is 5.82 Å². The second-order valence-corrected chi connectivity index (χ2v) is 6.29. The first-order valence-corrected chi connectivity index (χ1v) is 7.85. The SMILES string of the molecule is N/C(=N/O)c1cccc(CNCC2CCCCS2)c1F. The van der Waals surface area contributed by atoms with E-state index in [9.17, 15) is 4.39 Å². The predicted molar refractivity (Wildman–Crippen MR) is 80.7 cm³/mol. The summed E-state index contributed by atoms with van der Waals surface area (Å²) >= 11 is 1.99. The van der Waals surface area contributed by atoms with Gasteiger partial charge in [-0.15, -0.1) is 0 Å². The van der Waals surface area contributed by atoms with E-state index in [1.807, 2.05) is 11.8 Å². The Kier molecular flexibility index (Phi) is 5.67. The minimum atomic E-state index is -0.424. The molecule has 1 unspecified atom stereocenters. The van der Waals surface area contributed by atoms with Crippen LogP contribution < -0.4 is 11.1 Å². The van der Waals surface area contributed by atoms with Gasteiger partial charge in [-0.05, 0) is 24.7 Å². The van der Waals surface area contributed by atoms with Gasteiger partial charge >= 0.3 is 0 Å². The normalized spacial score (nSPS) is 20.1. The summed E-state index contributed by atoms with van der Waals surface area (Å²) in [6.45, 7) is 1.34. The molecule has 0 aliphatic carbocycles. The van der Waals surface area contributed by atoms with Crippen molar-refractivity contribution in [2.75, 3.05) is 12.3 Å². The molecule has 4 N–H and O–H groups in total. The maximum absolute atomic E-state index is 14.2. The van der Waals surface area contributed by atoms with Crippen LogP contribution in [0.25, 0.3) is 0 Å². The van der Waals surface area contributed by atoms with E-state index in [1.165, 1.54) is 31.1 Å². The van der Waals surface area contributed by atoms with Gasteiger partial charge in [0.15, 0.2) is 5.84 Å². The van der Waals surface area contributed by atoms with E-state index < -0.39 is 5.82 Å². The Balaban J connectivity index is 1.92. The van der Waals surface area contributed by atoms with E-state index in [2.05, 4.69) is 10.5 Å². The van der Waals surface area contributed by atoms with E-state index in [0.29, 0.717) is 17.4 Å². The summed E-state index contributed by atoms with van der Waals surface area (Å²) in [5.74, 6) is 0.596. The Morgan fingerprint density at radius 3 is 3.05 bits per heavy atom. The Hall–Kier alpha value is -1.27. The number of halogens is 1. The number of benzene rings is 1. The van der Waals surface area contributed by atoms with Gasteiger partial charge in [-0.1, -0.05) is 23.7 Å². The molecule has 0 aromatic heterocycles. The molecule has 0 radical (unpaired) electrons. The quantitative estimate of drug-likeness (QED) is 0.337. The molecule has 1 saturated heterocycles. The number of nitrogens with zero attached hydrogens (tertiary/aromatic N) is 1. The minimum Gasteiger partial charge on any atom is -0.409 e. The van der Waals surface area contributed by atoms with E-state index in [4.69, 9.17) is 10.9 Å². The van der Waals surface area contributed by atoms with Crippen LogP contribution in [0.3, 0.4) is 0 Å². The van der Waals surface area contributed by atoms with E-state index in [0.717, 1.165) is 6.54 Å². The van der Waals surface area contributed by atoms with Crippen molar-refractivity contribution in [2.45, 2.75) is 31.1 Å². The molecule has 0 bridgehead atoms. The van der Waals surface area contributed by atoms with Crippen molar-refractivity contribution in [2.24, 2.45) is 10.9 Å². The largest absolute Gasteiger partial charge is 0.409 e. The lowest BCUT2D eigenvalue weighted by atomic mass is 10.1. The number of amidine groups is 1. The second-order valence-electron chi connectivity index (χ2n) is 4.88. The molecule has 4 nitrogen and oxygen atoms in total. The molecule has 1 aromatic carbocycles. The topological polar surface area (TPSA) is 70.6 Å². The number of nitrogens with one attached hydrogen (secondary N) is 1. The summed E-state index contributed by atoms with van der Waals surface area (Å²) < 4.78 is 14.2. The molecular formula is C14H20FN3OS. The molecule has 20 heavy (non-hydrogen) atoms. The highest BCUT2D eigenvalue weighted by atomic mass is 32.2. The zero-order valence-corrected chi connectivity index (χ0v) is 12.1. The standard InChI is InChI=1S/C14H20FN3OS/c15-13-10(4-3-6-12(13)14(16)18-19)8-17-9-11-5-1-2-7-20-11/h3-4,6,11,17,19H,1-2,5,7-9H2,(H2,16,18). The van der Waals surface area contributed by atoms with Gasteiger partial charge in [0.2, 0.25) is 0 Å². The third-order valence-corrected chi connectivity index (χ3v) is 4.82. The summed E-state index contributed by atoms with van der Waals surface area (Å²) in [4.78, 5) is 0. The molecule has 1 aromatic rings. The Labute approximate surface area is 122 Å². The maximum atomic E-state index is 14.2. The van der Waals surface area contributed by atoms with Gasteiger partial charge < -0.3 is 16.3 Å². The van der Waals surface area contributed by atoms with Crippen LogP contribution in [0, 0.1) is 5.82 Å². The average molecular weight is 297 g/mol. The Bertz CT molecular complexity index is 475. The monoisotopic (exact) mass is 297 g/mol. The first-order valence-electron chi connectivity index (χ1n) is 6.80. The van der Waals surface area contributed by atoms with Crippen LogP contribution in [-0.4, -0.2) is 28.6 Å². The summed E-state index contributed by atoms with van der Waals surface area (Å²) in [5.41, 5.74) is 6.12. The third-order valence-electron chi connectivity index (χ3n) is 3.42. The van der Waals surface area contributed by atoms with E-state index in [1.54, 1.807) is 12.1 Å². The van der Waals surface area contributed by atoms with Gasteiger partial charge in [-0.2, -0.15) is 11.8 Å². The number of hydrogen-bond donors (Lipinski definition) is 3. The van der Waals surface area contributed by atoms with Crippen molar-refractivity contribution >= 4 is 17.6 Å². The highest BCUT2D eigenvalue weighted by molar-refractivity contribution is 7.99. The van der Waals surface area contributed by atoms with Crippen LogP contribution in [-0.2, 0) is 6.54 Å². The van der Waals surface area contributed by atoms with Crippen molar-refractivity contribution < 1.29 is 9.60 Å². The summed E-state index contributed by atoms with van der Waals surface area (Å²) in [6.07, 6.45) is 3.81. The van der Waals surface area contributed by atoms with Crippen molar-refractivity contribution in [1.29, 1.82) is 0 Å². The van der Waals surface area contributed by atoms with E-state index in [-0.39, 0.29) is 11.4 Å². The summed E-state index contributed by atoms with van der Waals surface area (Å²) in [7, 11) is 0. The first-order chi connectivity index (χ1) is 9.72. The molecular weight excluding hydrogens is 277 g/mol. The van der Waals surface area contributed by atoms with Crippen LogP contribution in [0.15, 0.2) is 23.4 Å². The average Bonchev–Trinajstić information content (AvgIpc) is 2.49. The van der Waals surface area contributed by atoms with Crippen molar-refractivity contribution in [3.63, 3.8) is 0 Å². The smallest absolute Gasteiger partial charge is 0.173 e. The highest BCUT2D eigenvalue weighted by Gasteiger charge is 2.14. The lowest BCUT2D eigenvalue weighted by molar-refractivity contribution is 0.318. The van der Waals surface area contributed by atoms with Gasteiger partial charge in [-0.3, -0.25) is 0 Å². The number of hydrogen-bond acceptors (Lipinski definition) is 4. The maximum Gasteiger partial charge on any atom is 0.173 e. The van der Waals surface area contributed by atoms with Crippen LogP contribution in [0.5, 0.6) is 0 Å². The lowest BCUT2D eigenvalue weighted by Gasteiger charge is -2.21. The van der Waals surface area contributed by atoms with Crippen LogP contribution in [0.4, 0.5) is 4.39 Å². The fraction of sp³-hybridized carbons (Fsp3) is 0.500. The molecule has 1 atom stereocenters. The molecule has 1 fully saturated rings. The van der Waals surface area contributed by atoms with Crippen LogP contribution >= 0.6 is 11.8 Å². The molecule has 6 heteroatoms. The summed E-state index contributed by atoms with van der Waals surface area (Å²) in [6, 6.07) is 4.93. The molecule has 0 amide bonds. The predicted octanol–water partition coefficient (Wildman–Crippen LogP) is 2.30. The van der Waals surface area contributed by atoms with E-state index >= 15 is 0 Å². The lowest BCUT2D eigenvalue weighted by Crippen LogP contribution is -2.27. The number of thioether (sulfide) groups is 1. The van der Waals surface area contributed by atoms with Gasteiger partial charge in [0.25, 0.3) is 0 Å². The fourth-order valence-electron chi connectivity index (χ4n) is 2.30. The third kappa shape index (κ3) is 3.86. The molecule has 0 spiro atoms. The second kappa shape index (κ2) is 7.50. The number of nitrogens with two attached hydrogens (primary N) is 1. The summed E-state index contributed by atoms with van der Waals surface area (Å²) in [5, 5.41) is 15.4. The zero-order chi connectivity index (χ0) is 14.4.